The van der Waals surface area contributed by atoms with Crippen molar-refractivity contribution in [3.05, 3.63) is 48.3 Å². The number of fused-ring (bicyclic) bond motifs is 1. The molecule has 4 heterocycles. The molecule has 0 aromatic carbocycles. The van der Waals surface area contributed by atoms with Crippen LogP contribution in [0.25, 0.3) is 22.6 Å². The van der Waals surface area contributed by atoms with Gasteiger partial charge in [-0.25, -0.2) is 15.0 Å². The number of imidazole rings is 1. The van der Waals surface area contributed by atoms with Gasteiger partial charge in [0.05, 0.1) is 17.1 Å². The predicted octanol–water partition coefficient (Wildman–Crippen LogP) is 3.28. The van der Waals surface area contributed by atoms with Gasteiger partial charge in [0.1, 0.15) is 17.3 Å². The molecule has 1 atom stereocenters. The average Bonchev–Trinajstić information content (AvgIpc) is 3.23. The van der Waals surface area contributed by atoms with Crippen molar-refractivity contribution in [2.24, 2.45) is 20.0 Å². The van der Waals surface area contributed by atoms with E-state index in [0.29, 0.717) is 11.7 Å². The Morgan fingerprint density at radius 1 is 1.04 bits per heavy atom. The molecule has 0 amide bonds. The molecule has 1 N–H and O–H groups in total. The molecule has 28 heavy (non-hydrogen) atoms. The second-order valence-corrected chi connectivity index (χ2v) is 7.28. The first-order valence-electron chi connectivity index (χ1n) is 9.32. The molecule has 0 saturated heterocycles. The Labute approximate surface area is 163 Å². The van der Waals surface area contributed by atoms with Gasteiger partial charge in [-0.05, 0) is 25.0 Å². The summed E-state index contributed by atoms with van der Waals surface area (Å²) in [6, 6.07) is 5.72. The highest BCUT2D eigenvalue weighted by Crippen LogP contribution is 2.31. The Morgan fingerprint density at radius 2 is 1.86 bits per heavy atom. The number of pyridine rings is 1. The smallest absolute Gasteiger partial charge is 0.182 e. The molecule has 144 valence electrons. The van der Waals surface area contributed by atoms with Crippen LogP contribution in [0.4, 0.5) is 5.82 Å². The van der Waals surface area contributed by atoms with Crippen LogP contribution in [0.1, 0.15) is 31.4 Å². The zero-order valence-corrected chi connectivity index (χ0v) is 16.7. The third kappa shape index (κ3) is 3.11. The monoisotopic (exact) mass is 376 g/mol. The molecule has 0 radical (unpaired) electrons. The van der Waals surface area contributed by atoms with Gasteiger partial charge in [-0.3, -0.25) is 9.67 Å². The van der Waals surface area contributed by atoms with Crippen LogP contribution in [0, 0.1) is 12.8 Å². The molecular weight excluding hydrogens is 352 g/mol. The average molecular weight is 376 g/mol. The Kier molecular flexibility index (Phi) is 4.54. The number of nitrogens with zero attached hydrogens (tertiary/aromatic N) is 7. The molecule has 0 aliphatic heterocycles. The van der Waals surface area contributed by atoms with Crippen molar-refractivity contribution < 1.29 is 0 Å². The van der Waals surface area contributed by atoms with Crippen LogP contribution in [0.15, 0.2) is 36.8 Å². The predicted molar refractivity (Wildman–Crippen MR) is 109 cm³/mol. The Morgan fingerprint density at radius 3 is 2.50 bits per heavy atom. The molecule has 0 spiro atoms. The van der Waals surface area contributed by atoms with Crippen molar-refractivity contribution >= 4 is 16.9 Å². The van der Waals surface area contributed by atoms with Crippen LogP contribution in [0.5, 0.6) is 0 Å². The maximum Gasteiger partial charge on any atom is 0.182 e. The van der Waals surface area contributed by atoms with E-state index in [-0.39, 0.29) is 6.04 Å². The lowest BCUT2D eigenvalue weighted by atomic mass is 10.0. The van der Waals surface area contributed by atoms with Crippen molar-refractivity contribution in [1.82, 2.24) is 34.3 Å². The Balaban J connectivity index is 1.88. The van der Waals surface area contributed by atoms with Gasteiger partial charge in [-0.1, -0.05) is 19.9 Å². The summed E-state index contributed by atoms with van der Waals surface area (Å²) in [6.45, 7) is 6.31. The molecule has 0 aliphatic carbocycles. The van der Waals surface area contributed by atoms with Gasteiger partial charge in [0, 0.05) is 32.7 Å². The van der Waals surface area contributed by atoms with Gasteiger partial charge in [0.2, 0.25) is 0 Å². The minimum absolute atomic E-state index is 0.00529. The van der Waals surface area contributed by atoms with Crippen LogP contribution in [-0.4, -0.2) is 34.3 Å². The topological polar surface area (TPSA) is 86.3 Å². The SMILES string of the molecule is Cc1nn(C)c2nc(-c3ccccn3)nc(N[C@@H](c3nccn3C)C(C)C)c12. The van der Waals surface area contributed by atoms with E-state index in [2.05, 4.69) is 34.2 Å². The first kappa shape index (κ1) is 18.1. The van der Waals surface area contributed by atoms with E-state index in [9.17, 15) is 0 Å². The van der Waals surface area contributed by atoms with Crippen LogP contribution in [0.3, 0.4) is 0 Å². The first-order chi connectivity index (χ1) is 13.5. The minimum Gasteiger partial charge on any atom is -0.359 e. The number of aromatic nitrogens is 7. The molecule has 4 aromatic rings. The molecule has 4 rings (SSSR count). The van der Waals surface area contributed by atoms with E-state index >= 15 is 0 Å². The van der Waals surface area contributed by atoms with E-state index in [1.807, 2.05) is 56.2 Å². The van der Waals surface area contributed by atoms with Crippen LogP contribution in [0.2, 0.25) is 0 Å². The van der Waals surface area contributed by atoms with Gasteiger partial charge in [0.25, 0.3) is 0 Å². The largest absolute Gasteiger partial charge is 0.359 e. The normalized spacial score (nSPS) is 12.6. The maximum atomic E-state index is 4.83. The highest BCUT2D eigenvalue weighted by atomic mass is 15.3. The molecule has 0 fully saturated rings. The van der Waals surface area contributed by atoms with E-state index < -0.39 is 0 Å². The van der Waals surface area contributed by atoms with Crippen molar-refractivity contribution in [2.75, 3.05) is 5.32 Å². The van der Waals surface area contributed by atoms with Crippen LogP contribution >= 0.6 is 0 Å². The molecule has 8 heteroatoms. The van der Waals surface area contributed by atoms with E-state index in [1.165, 1.54) is 0 Å². The van der Waals surface area contributed by atoms with Gasteiger partial charge in [-0.15, -0.1) is 0 Å². The maximum absolute atomic E-state index is 4.83. The van der Waals surface area contributed by atoms with Crippen molar-refractivity contribution in [3.8, 4) is 11.5 Å². The zero-order chi connectivity index (χ0) is 19.8. The summed E-state index contributed by atoms with van der Waals surface area (Å²) in [7, 11) is 3.90. The highest BCUT2D eigenvalue weighted by molar-refractivity contribution is 5.90. The fourth-order valence-electron chi connectivity index (χ4n) is 3.41. The van der Waals surface area contributed by atoms with Crippen LogP contribution in [-0.2, 0) is 14.1 Å². The fourth-order valence-corrected chi connectivity index (χ4v) is 3.41. The Hall–Kier alpha value is -3.29. The summed E-state index contributed by atoms with van der Waals surface area (Å²) in [5, 5.41) is 9.08. The summed E-state index contributed by atoms with van der Waals surface area (Å²) < 4.78 is 3.82. The minimum atomic E-state index is -0.00529. The van der Waals surface area contributed by atoms with E-state index in [1.54, 1.807) is 10.9 Å². The van der Waals surface area contributed by atoms with E-state index in [0.717, 1.165) is 34.1 Å². The van der Waals surface area contributed by atoms with Crippen molar-refractivity contribution in [1.29, 1.82) is 0 Å². The quantitative estimate of drug-likeness (QED) is 0.575. The lowest BCUT2D eigenvalue weighted by molar-refractivity contribution is 0.507. The third-order valence-corrected chi connectivity index (χ3v) is 4.85. The summed E-state index contributed by atoms with van der Waals surface area (Å²) >= 11 is 0. The molecule has 8 nitrogen and oxygen atoms in total. The molecule has 0 aliphatic rings. The molecule has 0 unspecified atom stereocenters. The number of aryl methyl sites for hydroxylation is 3. The molecule has 4 aromatic heterocycles. The fraction of sp³-hybridized carbons (Fsp3) is 0.350. The second kappa shape index (κ2) is 7.03. The van der Waals surface area contributed by atoms with Gasteiger partial charge in [-0.2, -0.15) is 5.10 Å². The molecular formula is C20H24N8. The summed E-state index contributed by atoms with van der Waals surface area (Å²) in [6.07, 6.45) is 5.52. The third-order valence-electron chi connectivity index (χ3n) is 4.85. The number of nitrogens with one attached hydrogen (secondary N) is 1. The molecule has 0 saturated carbocycles. The van der Waals surface area contributed by atoms with Crippen LogP contribution < -0.4 is 5.32 Å². The summed E-state index contributed by atoms with van der Waals surface area (Å²) in [4.78, 5) is 18.5. The van der Waals surface area contributed by atoms with Gasteiger partial charge in [0.15, 0.2) is 11.5 Å². The van der Waals surface area contributed by atoms with Gasteiger partial charge < -0.3 is 9.88 Å². The first-order valence-corrected chi connectivity index (χ1v) is 9.32. The highest BCUT2D eigenvalue weighted by Gasteiger charge is 2.24. The standard InChI is InChI=1S/C20H24N8/c1-12(2)16(20-22-10-11-27(20)4)23-18-15-13(3)26-28(5)19(15)25-17(24-18)14-8-6-7-9-21-14/h6-12,16H,1-5H3,(H,23,24,25)/t16-/m1/s1. The molecule has 0 bridgehead atoms. The van der Waals surface area contributed by atoms with Crippen molar-refractivity contribution in [2.45, 2.75) is 26.8 Å². The summed E-state index contributed by atoms with van der Waals surface area (Å²) in [5.74, 6) is 2.59. The lowest BCUT2D eigenvalue weighted by Crippen LogP contribution is -2.21. The number of rotatable bonds is 5. The number of hydrogen-bond acceptors (Lipinski definition) is 6. The zero-order valence-electron chi connectivity index (χ0n) is 16.7. The number of hydrogen-bond donors (Lipinski definition) is 1. The second-order valence-electron chi connectivity index (χ2n) is 7.28. The number of anilines is 1. The van der Waals surface area contributed by atoms with E-state index in [4.69, 9.17) is 9.97 Å². The lowest BCUT2D eigenvalue weighted by Gasteiger charge is -2.23. The van der Waals surface area contributed by atoms with Gasteiger partial charge >= 0.3 is 0 Å². The van der Waals surface area contributed by atoms with Crippen molar-refractivity contribution in [3.63, 3.8) is 0 Å². The summed E-state index contributed by atoms with van der Waals surface area (Å²) in [5.41, 5.74) is 2.39. The Bertz CT molecular complexity index is 1110.